The number of anilines is 1. The van der Waals surface area contributed by atoms with E-state index in [0.717, 1.165) is 39.2 Å². The van der Waals surface area contributed by atoms with E-state index in [-0.39, 0.29) is 17.8 Å². The molecule has 7 heteroatoms. The number of rotatable bonds is 3. The average Bonchev–Trinajstić information content (AvgIpc) is 2.97. The molecule has 0 radical (unpaired) electrons. The molecule has 2 aromatic heterocycles. The predicted octanol–water partition coefficient (Wildman–Crippen LogP) is 3.10. The average molecular weight is 460 g/mol. The molecule has 3 heterocycles. The first kappa shape index (κ1) is 16.0. The number of piperidine rings is 1. The number of carbonyl (C=O) groups is 1. The molecular formula is C19H17IN4O2. The number of pyridine rings is 1. The Morgan fingerprint density at radius 3 is 2.65 bits per heavy atom. The third-order valence-corrected chi connectivity index (χ3v) is 6.44. The molecule has 1 saturated heterocycles. The zero-order chi connectivity index (χ0) is 18.0. The minimum absolute atomic E-state index is 0.147. The predicted molar refractivity (Wildman–Crippen MR) is 107 cm³/mol. The minimum Gasteiger partial charge on any atom is -0.481 e. The van der Waals surface area contributed by atoms with E-state index in [4.69, 9.17) is 5.11 Å². The van der Waals surface area contributed by atoms with Crippen LogP contribution in [0.1, 0.15) is 5.56 Å². The zero-order valence-electron chi connectivity index (χ0n) is 14.1. The van der Waals surface area contributed by atoms with Crippen LogP contribution in [0.3, 0.4) is 0 Å². The second-order valence-corrected chi connectivity index (χ2v) is 8.17. The number of hydrogen-bond acceptors (Lipinski definition) is 4. The van der Waals surface area contributed by atoms with Gasteiger partial charge in [0.25, 0.3) is 0 Å². The summed E-state index contributed by atoms with van der Waals surface area (Å²) in [5.41, 5.74) is 3.23. The van der Waals surface area contributed by atoms with Gasteiger partial charge in [0.1, 0.15) is 9.52 Å². The van der Waals surface area contributed by atoms with E-state index in [1.807, 2.05) is 23.0 Å². The van der Waals surface area contributed by atoms with Gasteiger partial charge in [-0.25, -0.2) is 9.67 Å². The third kappa shape index (κ3) is 2.33. The number of hydrogen-bond donors (Lipinski definition) is 1. The lowest BCUT2D eigenvalue weighted by Gasteiger charge is -2.20. The third-order valence-electron chi connectivity index (χ3n) is 5.64. The van der Waals surface area contributed by atoms with Crippen molar-refractivity contribution in [2.75, 3.05) is 18.0 Å². The van der Waals surface area contributed by atoms with Crippen molar-refractivity contribution in [1.82, 2.24) is 14.8 Å². The van der Waals surface area contributed by atoms with Crippen molar-refractivity contribution in [1.29, 1.82) is 0 Å². The maximum atomic E-state index is 11.1. The Morgan fingerprint density at radius 1 is 1.23 bits per heavy atom. The van der Waals surface area contributed by atoms with E-state index in [0.29, 0.717) is 0 Å². The van der Waals surface area contributed by atoms with Crippen LogP contribution >= 0.6 is 22.6 Å². The summed E-state index contributed by atoms with van der Waals surface area (Å²) in [6, 6.07) is 10.3. The van der Waals surface area contributed by atoms with Gasteiger partial charge in [-0.05, 0) is 59.0 Å². The summed E-state index contributed by atoms with van der Waals surface area (Å²) in [6.45, 7) is 3.67. The molecule has 1 aromatic carbocycles. The number of nitrogens with zero attached hydrogens (tertiary/aromatic N) is 4. The van der Waals surface area contributed by atoms with Crippen LogP contribution < -0.4 is 4.90 Å². The molecule has 0 unspecified atom stereocenters. The van der Waals surface area contributed by atoms with Gasteiger partial charge in [-0.2, -0.15) is 5.10 Å². The normalized spacial score (nSPS) is 24.1. The molecule has 0 amide bonds. The maximum absolute atomic E-state index is 11.1. The van der Waals surface area contributed by atoms with Crippen molar-refractivity contribution in [2.24, 2.45) is 17.8 Å². The number of aliphatic carboxylic acids is 1. The van der Waals surface area contributed by atoms with Crippen molar-refractivity contribution in [3.63, 3.8) is 0 Å². The summed E-state index contributed by atoms with van der Waals surface area (Å²) in [4.78, 5) is 17.9. The van der Waals surface area contributed by atoms with Crippen molar-refractivity contribution >= 4 is 45.3 Å². The summed E-state index contributed by atoms with van der Waals surface area (Å²) >= 11 is 2.27. The summed E-state index contributed by atoms with van der Waals surface area (Å²) in [5, 5.41) is 15.0. The van der Waals surface area contributed by atoms with Crippen LogP contribution in [0.25, 0.3) is 16.6 Å². The molecule has 3 aromatic rings. The van der Waals surface area contributed by atoms with Crippen molar-refractivity contribution in [3.05, 3.63) is 45.8 Å². The van der Waals surface area contributed by atoms with Gasteiger partial charge >= 0.3 is 5.97 Å². The van der Waals surface area contributed by atoms with Crippen LogP contribution in [0.4, 0.5) is 5.82 Å². The second-order valence-electron chi connectivity index (χ2n) is 7.15. The smallest absolute Gasteiger partial charge is 0.307 e. The maximum Gasteiger partial charge on any atom is 0.307 e. The summed E-state index contributed by atoms with van der Waals surface area (Å²) in [7, 11) is 0. The Morgan fingerprint density at radius 2 is 2.00 bits per heavy atom. The largest absolute Gasteiger partial charge is 0.481 e. The number of para-hydroxylation sites is 1. The zero-order valence-corrected chi connectivity index (χ0v) is 16.3. The van der Waals surface area contributed by atoms with Crippen molar-refractivity contribution in [3.8, 4) is 5.69 Å². The Bertz CT molecular complexity index is 1020. The number of aromatic nitrogens is 3. The Balaban J connectivity index is 1.43. The fourth-order valence-corrected chi connectivity index (χ4v) is 4.91. The molecule has 132 valence electrons. The molecule has 6 nitrogen and oxygen atoms in total. The van der Waals surface area contributed by atoms with Crippen LogP contribution in [0.15, 0.2) is 36.5 Å². The molecule has 5 rings (SSSR count). The standard InChI is InChI=1S/C19H17IN4O2/c1-10-3-2-4-12-17(10)24(22-18(12)20)11-5-6-15(21-7-11)23-8-13-14(9-23)16(13)19(25)26/h2-7,13-14,16H,8-9H2,1H3,(H,25,26)/t13-,14+,16-. The van der Waals surface area contributed by atoms with Crippen LogP contribution in [0, 0.1) is 28.4 Å². The lowest BCUT2D eigenvalue weighted by atomic mass is 10.2. The topological polar surface area (TPSA) is 71.2 Å². The first-order valence-electron chi connectivity index (χ1n) is 8.62. The van der Waals surface area contributed by atoms with Crippen LogP contribution in [-0.4, -0.2) is 38.9 Å². The van der Waals surface area contributed by atoms with Gasteiger partial charge in [0, 0.05) is 18.5 Å². The van der Waals surface area contributed by atoms with Gasteiger partial charge in [0.05, 0.1) is 23.3 Å². The first-order chi connectivity index (χ1) is 12.5. The molecule has 2 fully saturated rings. The highest BCUT2D eigenvalue weighted by Gasteiger charge is 2.59. The van der Waals surface area contributed by atoms with E-state index in [1.54, 1.807) is 0 Å². The second kappa shape index (κ2) is 5.67. The Labute approximate surface area is 164 Å². The van der Waals surface area contributed by atoms with Crippen LogP contribution in [0.5, 0.6) is 0 Å². The van der Waals surface area contributed by atoms with Gasteiger partial charge in [-0.3, -0.25) is 4.79 Å². The summed E-state index contributed by atoms with van der Waals surface area (Å²) < 4.78 is 2.93. The highest BCUT2D eigenvalue weighted by molar-refractivity contribution is 14.1. The fourth-order valence-electron chi connectivity index (χ4n) is 4.26. The van der Waals surface area contributed by atoms with Gasteiger partial charge in [0.15, 0.2) is 0 Å². The van der Waals surface area contributed by atoms with E-state index in [1.165, 1.54) is 5.56 Å². The quantitative estimate of drug-likeness (QED) is 0.609. The van der Waals surface area contributed by atoms with Crippen molar-refractivity contribution < 1.29 is 9.90 Å². The lowest BCUT2D eigenvalue weighted by molar-refractivity contribution is -0.139. The monoisotopic (exact) mass is 460 g/mol. The summed E-state index contributed by atoms with van der Waals surface area (Å²) in [6.07, 6.45) is 1.85. The van der Waals surface area contributed by atoms with E-state index < -0.39 is 5.97 Å². The molecule has 26 heavy (non-hydrogen) atoms. The molecule has 0 bridgehead atoms. The molecule has 1 aliphatic carbocycles. The van der Waals surface area contributed by atoms with E-state index in [9.17, 15) is 4.79 Å². The van der Waals surface area contributed by atoms with Gasteiger partial charge in [-0.1, -0.05) is 18.2 Å². The number of halogens is 1. The molecule has 1 aliphatic heterocycles. The van der Waals surface area contributed by atoms with E-state index in [2.05, 4.69) is 62.7 Å². The highest BCUT2D eigenvalue weighted by atomic mass is 127. The summed E-state index contributed by atoms with van der Waals surface area (Å²) in [5.74, 6) is 0.680. The molecular weight excluding hydrogens is 443 g/mol. The van der Waals surface area contributed by atoms with Crippen LogP contribution in [0.2, 0.25) is 0 Å². The number of benzene rings is 1. The van der Waals surface area contributed by atoms with E-state index >= 15 is 0 Å². The molecule has 2 aliphatic rings. The fraction of sp³-hybridized carbons (Fsp3) is 0.316. The van der Waals surface area contributed by atoms with Gasteiger partial charge in [0.2, 0.25) is 0 Å². The van der Waals surface area contributed by atoms with Gasteiger partial charge < -0.3 is 10.0 Å². The van der Waals surface area contributed by atoms with Gasteiger partial charge in [-0.15, -0.1) is 0 Å². The molecule has 0 spiro atoms. The van der Waals surface area contributed by atoms with Crippen molar-refractivity contribution in [2.45, 2.75) is 6.92 Å². The molecule has 3 atom stereocenters. The molecule has 1 N–H and O–H groups in total. The minimum atomic E-state index is -0.654. The number of carboxylic acid groups (broad SMARTS) is 1. The lowest BCUT2D eigenvalue weighted by Crippen LogP contribution is -2.26. The Hall–Kier alpha value is -2.16. The highest BCUT2D eigenvalue weighted by Crippen LogP contribution is 2.52. The first-order valence-corrected chi connectivity index (χ1v) is 9.70. The SMILES string of the molecule is Cc1cccc2c(I)nn(-c3ccc(N4C[C@@H]5[C@H](C4)[C@@H]5C(=O)O)nc3)c12. The molecule has 1 saturated carbocycles. The van der Waals surface area contributed by atoms with Crippen LogP contribution in [-0.2, 0) is 4.79 Å². The number of fused-ring (bicyclic) bond motifs is 2. The Kier molecular flexibility index (Phi) is 3.50. The number of aryl methyl sites for hydroxylation is 1. The number of carboxylic acids is 1.